The molecule has 0 amide bonds. The Morgan fingerprint density at radius 1 is 1.19 bits per heavy atom. The number of nitrogens with one attached hydrogen (secondary N) is 1. The van der Waals surface area contributed by atoms with Gasteiger partial charge in [0.15, 0.2) is 11.5 Å². The quantitative estimate of drug-likeness (QED) is 0.518. The molecule has 2 aromatic carbocycles. The second-order valence-electron chi connectivity index (χ2n) is 6.26. The first-order valence-electron chi connectivity index (χ1n) is 8.82. The zero-order valence-electron chi connectivity index (χ0n) is 16.1. The lowest BCUT2D eigenvalue weighted by Gasteiger charge is -2.10. The molecule has 1 aromatic heterocycles. The van der Waals surface area contributed by atoms with Crippen LogP contribution in [0.15, 0.2) is 42.6 Å². The van der Waals surface area contributed by atoms with Crippen LogP contribution in [0.25, 0.3) is 11.3 Å². The van der Waals surface area contributed by atoms with Gasteiger partial charge in [0.25, 0.3) is 0 Å². The molecule has 3 aromatic rings. The van der Waals surface area contributed by atoms with E-state index in [0.29, 0.717) is 22.3 Å². The van der Waals surface area contributed by atoms with Crippen LogP contribution in [-0.2, 0) is 23.2 Å². The summed E-state index contributed by atoms with van der Waals surface area (Å²) < 4.78 is 26.5. The number of hydrogen-bond donors (Lipinski definition) is 3. The van der Waals surface area contributed by atoms with Crippen molar-refractivity contribution in [2.24, 2.45) is 7.05 Å². The van der Waals surface area contributed by atoms with Gasteiger partial charge in [-0.05, 0) is 30.3 Å². The fourth-order valence-electron chi connectivity index (χ4n) is 2.77. The number of anilines is 1. The topological polar surface area (TPSA) is 123 Å². The Balaban J connectivity index is 0.000000401. The Bertz CT molecular complexity index is 1100. The molecule has 0 saturated carbocycles. The number of ether oxygens (including phenoxy) is 2. The lowest BCUT2D eigenvalue weighted by atomic mass is 10.1. The van der Waals surface area contributed by atoms with Gasteiger partial charge in [0.1, 0.15) is 5.82 Å². The molecule has 0 fully saturated rings. The molecule has 0 unspecified atom stereocenters. The van der Waals surface area contributed by atoms with E-state index in [2.05, 4.69) is 10.3 Å². The van der Waals surface area contributed by atoms with Gasteiger partial charge in [0.2, 0.25) is 12.7 Å². The summed E-state index contributed by atoms with van der Waals surface area (Å²) in [5.74, 6) is -1.92. The van der Waals surface area contributed by atoms with Gasteiger partial charge in [-0.25, -0.2) is 19.0 Å². The third-order valence-corrected chi connectivity index (χ3v) is 4.68. The first-order valence-corrected chi connectivity index (χ1v) is 9.20. The smallest absolute Gasteiger partial charge is 0.414 e. The van der Waals surface area contributed by atoms with Gasteiger partial charge in [0.05, 0.1) is 11.9 Å². The third-order valence-electron chi connectivity index (χ3n) is 4.32. The Morgan fingerprint density at radius 2 is 1.90 bits per heavy atom. The van der Waals surface area contributed by atoms with E-state index in [-0.39, 0.29) is 19.2 Å². The van der Waals surface area contributed by atoms with Crippen molar-refractivity contribution in [1.29, 1.82) is 0 Å². The van der Waals surface area contributed by atoms with Crippen LogP contribution in [0.1, 0.15) is 5.56 Å². The van der Waals surface area contributed by atoms with Crippen LogP contribution in [0.4, 0.5) is 10.3 Å². The van der Waals surface area contributed by atoms with Crippen molar-refractivity contribution in [2.75, 3.05) is 12.1 Å². The number of benzene rings is 2. The lowest BCUT2D eigenvalue weighted by molar-refractivity contribution is -0.159. The van der Waals surface area contributed by atoms with Gasteiger partial charge < -0.3 is 29.6 Å². The standard InChI is InChI=1S/C18H15ClFN3O2.C2H2O4/c1-23-15(11-5-6-16-17(7-11)25-10-24-16)9-22-18(23)21-8-12-13(19)3-2-4-14(12)20;3-1(4)2(5)6/h2-7,9H,8,10H2,1H3,(H,21,22);(H,3,4)(H,5,6). The predicted molar refractivity (Wildman–Crippen MR) is 109 cm³/mol. The maximum atomic E-state index is 13.9. The fraction of sp³-hybridized carbons (Fsp3) is 0.150. The molecule has 3 N–H and O–H groups in total. The summed E-state index contributed by atoms with van der Waals surface area (Å²) in [6, 6.07) is 10.4. The van der Waals surface area contributed by atoms with Crippen LogP contribution in [0.3, 0.4) is 0 Å². The molecule has 0 spiro atoms. The summed E-state index contributed by atoms with van der Waals surface area (Å²) in [7, 11) is 1.89. The zero-order chi connectivity index (χ0) is 22.5. The van der Waals surface area contributed by atoms with Crippen LogP contribution in [0, 0.1) is 5.82 Å². The molecular weight excluding hydrogens is 433 g/mol. The van der Waals surface area contributed by atoms with Gasteiger partial charge in [-0.1, -0.05) is 17.7 Å². The van der Waals surface area contributed by atoms with Crippen molar-refractivity contribution in [3.63, 3.8) is 0 Å². The van der Waals surface area contributed by atoms with E-state index >= 15 is 0 Å². The van der Waals surface area contributed by atoms with E-state index in [4.69, 9.17) is 40.9 Å². The third kappa shape index (κ3) is 5.04. The van der Waals surface area contributed by atoms with Crippen molar-refractivity contribution < 1.29 is 33.7 Å². The summed E-state index contributed by atoms with van der Waals surface area (Å²) >= 11 is 6.06. The molecule has 9 nitrogen and oxygen atoms in total. The number of imidazole rings is 1. The van der Waals surface area contributed by atoms with Gasteiger partial charge in [-0.3, -0.25) is 0 Å². The molecule has 11 heteroatoms. The summed E-state index contributed by atoms with van der Waals surface area (Å²) in [6.45, 7) is 0.483. The minimum Gasteiger partial charge on any atom is -0.473 e. The second-order valence-corrected chi connectivity index (χ2v) is 6.67. The van der Waals surface area contributed by atoms with Crippen LogP contribution >= 0.6 is 11.6 Å². The van der Waals surface area contributed by atoms with Crippen molar-refractivity contribution in [3.8, 4) is 22.8 Å². The number of hydrogen-bond acceptors (Lipinski definition) is 6. The molecule has 2 heterocycles. The summed E-state index contributed by atoms with van der Waals surface area (Å²) in [4.78, 5) is 22.6. The molecule has 31 heavy (non-hydrogen) atoms. The Kier molecular flexibility index (Phi) is 6.61. The molecule has 162 valence electrons. The molecule has 0 bridgehead atoms. The number of aromatic nitrogens is 2. The molecule has 0 saturated heterocycles. The van der Waals surface area contributed by atoms with E-state index in [1.54, 1.807) is 18.3 Å². The number of carboxylic acid groups (broad SMARTS) is 2. The van der Waals surface area contributed by atoms with E-state index in [9.17, 15) is 4.39 Å². The van der Waals surface area contributed by atoms with Gasteiger partial charge in [-0.2, -0.15) is 0 Å². The van der Waals surface area contributed by atoms with E-state index in [0.717, 1.165) is 17.0 Å². The highest BCUT2D eigenvalue weighted by molar-refractivity contribution is 6.31. The number of fused-ring (bicyclic) bond motifs is 1. The number of rotatable bonds is 4. The number of carbonyl (C=O) groups is 2. The lowest BCUT2D eigenvalue weighted by Crippen LogP contribution is -2.09. The predicted octanol–water partition coefficient (Wildman–Crippen LogP) is 3.38. The monoisotopic (exact) mass is 449 g/mol. The van der Waals surface area contributed by atoms with E-state index in [1.807, 2.05) is 29.8 Å². The summed E-state index contributed by atoms with van der Waals surface area (Å²) in [6.07, 6.45) is 1.75. The van der Waals surface area contributed by atoms with Crippen molar-refractivity contribution in [3.05, 3.63) is 59.0 Å². The average molecular weight is 450 g/mol. The largest absolute Gasteiger partial charge is 0.473 e. The minimum absolute atomic E-state index is 0.236. The van der Waals surface area contributed by atoms with Crippen LogP contribution in [-0.4, -0.2) is 38.5 Å². The fourth-order valence-corrected chi connectivity index (χ4v) is 3.00. The van der Waals surface area contributed by atoms with Crippen molar-refractivity contribution >= 4 is 29.5 Å². The minimum atomic E-state index is -1.82. The zero-order valence-corrected chi connectivity index (χ0v) is 16.9. The van der Waals surface area contributed by atoms with Gasteiger partial charge in [-0.15, -0.1) is 0 Å². The number of halogens is 2. The molecular formula is C20H17ClFN3O6. The SMILES string of the molecule is Cn1c(-c2ccc3c(c2)OCO3)cnc1NCc1c(F)cccc1Cl.O=C(O)C(=O)O. The maximum absolute atomic E-state index is 13.9. The van der Waals surface area contributed by atoms with E-state index in [1.165, 1.54) is 6.07 Å². The number of carboxylic acids is 2. The normalized spacial score (nSPS) is 11.5. The Labute approximate surface area is 180 Å². The number of nitrogens with zero attached hydrogens (tertiary/aromatic N) is 2. The van der Waals surface area contributed by atoms with Crippen molar-refractivity contribution in [2.45, 2.75) is 6.54 Å². The molecule has 1 aliphatic rings. The van der Waals surface area contributed by atoms with Gasteiger partial charge >= 0.3 is 11.9 Å². The first kappa shape index (κ1) is 21.9. The second kappa shape index (κ2) is 9.35. The van der Waals surface area contributed by atoms with Crippen LogP contribution in [0.5, 0.6) is 11.5 Å². The summed E-state index contributed by atoms with van der Waals surface area (Å²) in [5.41, 5.74) is 2.27. The van der Waals surface area contributed by atoms with Crippen LogP contribution in [0.2, 0.25) is 5.02 Å². The number of aliphatic carboxylic acids is 2. The highest BCUT2D eigenvalue weighted by atomic mass is 35.5. The molecule has 1 aliphatic heterocycles. The highest BCUT2D eigenvalue weighted by Crippen LogP contribution is 2.36. The highest BCUT2D eigenvalue weighted by Gasteiger charge is 2.16. The maximum Gasteiger partial charge on any atom is 0.414 e. The average Bonchev–Trinajstić information content (AvgIpc) is 3.34. The molecule has 4 rings (SSSR count). The molecule has 0 aliphatic carbocycles. The van der Waals surface area contributed by atoms with Crippen LogP contribution < -0.4 is 14.8 Å². The molecule has 0 radical (unpaired) electrons. The Morgan fingerprint density at radius 3 is 2.58 bits per heavy atom. The molecule has 0 atom stereocenters. The Hall–Kier alpha value is -3.79. The van der Waals surface area contributed by atoms with E-state index < -0.39 is 11.9 Å². The summed E-state index contributed by atoms with van der Waals surface area (Å²) in [5, 5.41) is 18.3. The van der Waals surface area contributed by atoms with Crippen molar-refractivity contribution in [1.82, 2.24) is 9.55 Å². The first-order chi connectivity index (χ1) is 14.8. The van der Waals surface area contributed by atoms with Gasteiger partial charge in [0, 0.05) is 29.7 Å².